The number of nitrogens with zero attached hydrogens (tertiary/aromatic N) is 4. The maximum absolute atomic E-state index is 6.09. The van der Waals surface area contributed by atoms with Crippen LogP contribution in [0.5, 0.6) is 5.88 Å². The first-order valence-electron chi connectivity index (χ1n) is 6.65. The van der Waals surface area contributed by atoms with E-state index in [2.05, 4.69) is 44.0 Å². The zero-order chi connectivity index (χ0) is 14.8. The number of aromatic nitrogens is 4. The predicted octanol–water partition coefficient (Wildman–Crippen LogP) is 3.63. The van der Waals surface area contributed by atoms with Crippen molar-refractivity contribution in [2.45, 2.75) is 25.3 Å². The summed E-state index contributed by atoms with van der Waals surface area (Å²) in [5.74, 6) is 1.58. The van der Waals surface area contributed by atoms with Crippen molar-refractivity contribution in [1.29, 1.82) is 0 Å². The van der Waals surface area contributed by atoms with E-state index in [1.54, 1.807) is 18.4 Å². The molecule has 5 nitrogen and oxygen atoms in total. The number of rotatable bonds is 5. The highest BCUT2D eigenvalue weighted by Gasteiger charge is 2.22. The van der Waals surface area contributed by atoms with Crippen LogP contribution in [0.1, 0.15) is 30.1 Å². The summed E-state index contributed by atoms with van der Waals surface area (Å²) >= 11 is 7.82. The second kappa shape index (κ2) is 5.99. The van der Waals surface area contributed by atoms with Crippen molar-refractivity contribution in [3.05, 3.63) is 34.5 Å². The summed E-state index contributed by atoms with van der Waals surface area (Å²) in [6.45, 7) is 2.15. The third kappa shape index (κ3) is 2.38. The normalized spacial score (nSPS) is 12.7. The van der Waals surface area contributed by atoms with Crippen molar-refractivity contribution in [1.82, 2.24) is 19.5 Å². The van der Waals surface area contributed by atoms with Crippen LogP contribution >= 0.6 is 22.9 Å². The zero-order valence-corrected chi connectivity index (χ0v) is 13.4. The van der Waals surface area contributed by atoms with Gasteiger partial charge in [-0.3, -0.25) is 0 Å². The molecule has 0 aliphatic carbocycles. The Morgan fingerprint density at radius 3 is 2.90 bits per heavy atom. The van der Waals surface area contributed by atoms with Crippen LogP contribution in [-0.4, -0.2) is 26.6 Å². The van der Waals surface area contributed by atoms with E-state index in [9.17, 15) is 0 Å². The molecule has 0 bridgehead atoms. The lowest BCUT2D eigenvalue weighted by molar-refractivity contribution is 0.401. The molecule has 3 aromatic heterocycles. The number of fused-ring (bicyclic) bond motifs is 1. The fourth-order valence-electron chi connectivity index (χ4n) is 2.50. The van der Waals surface area contributed by atoms with Crippen molar-refractivity contribution in [2.75, 3.05) is 7.11 Å². The average Bonchev–Trinajstić information content (AvgIpc) is 3.16. The van der Waals surface area contributed by atoms with Crippen molar-refractivity contribution < 1.29 is 4.74 Å². The number of methoxy groups -OCH3 is 1. The fourth-order valence-corrected chi connectivity index (χ4v) is 3.59. The van der Waals surface area contributed by atoms with E-state index in [0.29, 0.717) is 17.3 Å². The molecule has 0 radical (unpaired) electrons. The molecule has 0 saturated carbocycles. The summed E-state index contributed by atoms with van der Waals surface area (Å²) in [6.07, 6.45) is 2.43. The summed E-state index contributed by atoms with van der Waals surface area (Å²) in [5.41, 5.74) is 1.42. The number of hydrogen-bond acceptors (Lipinski definition) is 5. The summed E-state index contributed by atoms with van der Waals surface area (Å²) in [7, 11) is 1.58. The molecule has 7 heteroatoms. The molecule has 1 atom stereocenters. The number of thiophene rings is 1. The van der Waals surface area contributed by atoms with Gasteiger partial charge in [0.25, 0.3) is 0 Å². The van der Waals surface area contributed by atoms with Gasteiger partial charge in [0, 0.05) is 4.88 Å². The minimum Gasteiger partial charge on any atom is -0.479 e. The highest BCUT2D eigenvalue weighted by molar-refractivity contribution is 7.10. The Labute approximate surface area is 131 Å². The highest BCUT2D eigenvalue weighted by Crippen LogP contribution is 2.32. The first-order chi connectivity index (χ1) is 10.3. The van der Waals surface area contributed by atoms with Gasteiger partial charge in [0.2, 0.25) is 5.88 Å². The molecule has 110 valence electrons. The van der Waals surface area contributed by atoms with Crippen molar-refractivity contribution in [2.24, 2.45) is 0 Å². The Hall–Kier alpha value is -1.66. The van der Waals surface area contributed by atoms with Crippen LogP contribution in [0.4, 0.5) is 0 Å². The Kier molecular flexibility index (Phi) is 4.07. The van der Waals surface area contributed by atoms with Gasteiger partial charge in [-0.15, -0.1) is 22.9 Å². The molecule has 0 N–H and O–H groups in total. The van der Waals surface area contributed by atoms with Crippen LogP contribution in [0.15, 0.2) is 23.8 Å². The zero-order valence-electron chi connectivity index (χ0n) is 11.8. The monoisotopic (exact) mass is 322 g/mol. The van der Waals surface area contributed by atoms with E-state index in [4.69, 9.17) is 16.3 Å². The Balaban J connectivity index is 2.25. The lowest BCUT2D eigenvalue weighted by Gasteiger charge is -2.18. The van der Waals surface area contributed by atoms with Gasteiger partial charge in [-0.2, -0.15) is 4.98 Å². The van der Waals surface area contributed by atoms with Gasteiger partial charge >= 0.3 is 0 Å². The molecule has 0 spiro atoms. The van der Waals surface area contributed by atoms with Crippen LogP contribution in [0.3, 0.4) is 0 Å². The van der Waals surface area contributed by atoms with E-state index < -0.39 is 0 Å². The summed E-state index contributed by atoms with van der Waals surface area (Å²) in [6, 6.07) is 4.35. The molecule has 3 heterocycles. The summed E-state index contributed by atoms with van der Waals surface area (Å²) in [5, 5.41) is 2.08. The topological polar surface area (TPSA) is 52.8 Å². The van der Waals surface area contributed by atoms with Crippen LogP contribution in [0.25, 0.3) is 11.2 Å². The van der Waals surface area contributed by atoms with Gasteiger partial charge < -0.3 is 9.30 Å². The molecule has 0 aromatic carbocycles. The minimum atomic E-state index is 0.170. The molecule has 21 heavy (non-hydrogen) atoms. The number of halogens is 1. The molecule has 0 aliphatic rings. The van der Waals surface area contributed by atoms with E-state index in [1.807, 2.05) is 0 Å². The standard InChI is InChI=1S/C14H15ClN4OS/c1-3-9(10-5-4-6-21-10)19-11(7-15)18-12-13(19)16-8-17-14(12)20-2/h4-6,8-9H,3,7H2,1-2H3. The summed E-state index contributed by atoms with van der Waals surface area (Å²) < 4.78 is 7.37. The number of hydrogen-bond donors (Lipinski definition) is 0. The molecule has 0 amide bonds. The molecule has 3 rings (SSSR count). The predicted molar refractivity (Wildman–Crippen MR) is 84.2 cm³/mol. The maximum atomic E-state index is 6.09. The lowest BCUT2D eigenvalue weighted by Crippen LogP contribution is -2.12. The van der Waals surface area contributed by atoms with Gasteiger partial charge in [0.1, 0.15) is 12.2 Å². The average molecular weight is 323 g/mol. The van der Waals surface area contributed by atoms with E-state index in [-0.39, 0.29) is 6.04 Å². The molecular formula is C14H15ClN4OS. The SMILES string of the molecule is CCC(c1cccs1)n1c(CCl)nc2c(OC)ncnc21. The van der Waals surface area contributed by atoms with Crippen LogP contribution in [0.2, 0.25) is 0 Å². The van der Waals surface area contributed by atoms with Crippen molar-refractivity contribution >= 4 is 34.1 Å². The van der Waals surface area contributed by atoms with Crippen molar-refractivity contribution in [3.63, 3.8) is 0 Å². The highest BCUT2D eigenvalue weighted by atomic mass is 35.5. The lowest BCUT2D eigenvalue weighted by atomic mass is 10.2. The number of alkyl halides is 1. The van der Waals surface area contributed by atoms with Gasteiger partial charge in [-0.25, -0.2) is 9.97 Å². The Morgan fingerprint density at radius 1 is 1.43 bits per heavy atom. The van der Waals surface area contributed by atoms with Crippen LogP contribution in [-0.2, 0) is 5.88 Å². The number of ether oxygens (including phenoxy) is 1. The Bertz CT molecular complexity index is 741. The largest absolute Gasteiger partial charge is 0.479 e. The molecule has 1 unspecified atom stereocenters. The summed E-state index contributed by atoms with van der Waals surface area (Å²) in [4.78, 5) is 14.3. The van der Waals surface area contributed by atoms with E-state index in [0.717, 1.165) is 17.9 Å². The Morgan fingerprint density at radius 2 is 2.29 bits per heavy atom. The molecule has 0 fully saturated rings. The minimum absolute atomic E-state index is 0.170. The fraction of sp³-hybridized carbons (Fsp3) is 0.357. The quantitative estimate of drug-likeness (QED) is 0.673. The molecule has 0 saturated heterocycles. The second-order valence-electron chi connectivity index (χ2n) is 4.53. The van der Waals surface area contributed by atoms with Gasteiger partial charge in [-0.05, 0) is 17.9 Å². The van der Waals surface area contributed by atoms with Crippen LogP contribution in [0, 0.1) is 0 Å². The van der Waals surface area contributed by atoms with Gasteiger partial charge in [0.05, 0.1) is 19.0 Å². The van der Waals surface area contributed by atoms with Gasteiger partial charge in [-0.1, -0.05) is 13.0 Å². The first-order valence-corrected chi connectivity index (χ1v) is 8.06. The van der Waals surface area contributed by atoms with E-state index >= 15 is 0 Å². The molecule has 0 aliphatic heterocycles. The van der Waals surface area contributed by atoms with Gasteiger partial charge in [0.15, 0.2) is 11.2 Å². The van der Waals surface area contributed by atoms with E-state index in [1.165, 1.54) is 11.2 Å². The third-order valence-electron chi connectivity index (χ3n) is 3.40. The molecule has 3 aromatic rings. The smallest absolute Gasteiger partial charge is 0.245 e. The molecular weight excluding hydrogens is 308 g/mol. The van der Waals surface area contributed by atoms with Crippen LogP contribution < -0.4 is 4.74 Å². The maximum Gasteiger partial charge on any atom is 0.245 e. The second-order valence-corrected chi connectivity index (χ2v) is 5.77. The first kappa shape index (κ1) is 14.3. The van der Waals surface area contributed by atoms with Crippen molar-refractivity contribution in [3.8, 4) is 5.88 Å². The third-order valence-corrected chi connectivity index (χ3v) is 4.61. The number of imidazole rings is 1.